The number of nitrogens with two attached hydrogens (primary N) is 1. The summed E-state index contributed by atoms with van der Waals surface area (Å²) in [6, 6.07) is 16.8. The highest BCUT2D eigenvalue weighted by molar-refractivity contribution is 7.09. The van der Waals surface area contributed by atoms with E-state index in [2.05, 4.69) is 17.5 Å². The van der Waals surface area contributed by atoms with Crippen molar-refractivity contribution in [3.05, 3.63) is 99.8 Å². The maximum absolute atomic E-state index is 14.0. The molecule has 0 radical (unpaired) electrons. The Hall–Kier alpha value is -2.83. The van der Waals surface area contributed by atoms with E-state index in [0.717, 1.165) is 30.7 Å². The predicted molar refractivity (Wildman–Crippen MR) is 118 cm³/mol. The maximum Gasteiger partial charge on any atom is 0.220 e. The van der Waals surface area contributed by atoms with Crippen LogP contribution in [0.4, 0.5) is 8.78 Å². The van der Waals surface area contributed by atoms with Gasteiger partial charge in [0.25, 0.3) is 0 Å². The third kappa shape index (κ3) is 5.40. The second-order valence-corrected chi connectivity index (χ2v) is 7.97. The van der Waals surface area contributed by atoms with E-state index in [4.69, 9.17) is 5.73 Å². The zero-order chi connectivity index (χ0) is 21.5. The first-order valence-electron chi connectivity index (χ1n) is 9.70. The fourth-order valence-electron chi connectivity index (χ4n) is 3.36. The van der Waals surface area contributed by atoms with Crippen LogP contribution in [0.25, 0.3) is 5.57 Å². The average Bonchev–Trinajstić information content (AvgIpc) is 3.41. The van der Waals surface area contributed by atoms with Gasteiger partial charge in [-0.15, -0.1) is 11.3 Å². The Labute approximate surface area is 179 Å². The highest BCUT2D eigenvalue weighted by atomic mass is 32.1. The monoisotopic (exact) mass is 426 g/mol. The minimum Gasteiger partial charge on any atom is -0.330 e. The zero-order valence-corrected chi connectivity index (χ0v) is 17.5. The number of carbonyl (C=O) groups excluding carboxylic acids is 1. The van der Waals surface area contributed by atoms with Crippen molar-refractivity contribution < 1.29 is 13.6 Å². The Morgan fingerprint density at radius 3 is 2.53 bits per heavy atom. The molecule has 1 aliphatic rings. The lowest BCUT2D eigenvalue weighted by atomic mass is 10.0. The summed E-state index contributed by atoms with van der Waals surface area (Å²) in [5.41, 5.74) is 7.11. The van der Waals surface area contributed by atoms with Crippen molar-refractivity contribution >= 4 is 22.8 Å². The Morgan fingerprint density at radius 1 is 1.13 bits per heavy atom. The number of hydrogen-bond acceptors (Lipinski definition) is 3. The molecular weight excluding hydrogens is 402 g/mol. The van der Waals surface area contributed by atoms with E-state index < -0.39 is 11.6 Å². The van der Waals surface area contributed by atoms with Crippen molar-refractivity contribution in [1.29, 1.82) is 0 Å². The van der Waals surface area contributed by atoms with Crippen LogP contribution in [0.5, 0.6) is 0 Å². The quantitative estimate of drug-likeness (QED) is 0.623. The van der Waals surface area contributed by atoms with Gasteiger partial charge in [-0.05, 0) is 53.7 Å². The molecule has 1 amide bonds. The van der Waals surface area contributed by atoms with Crippen molar-refractivity contribution in [2.75, 3.05) is 13.1 Å². The van der Waals surface area contributed by atoms with Crippen molar-refractivity contribution in [3.8, 4) is 0 Å². The maximum atomic E-state index is 14.0. The van der Waals surface area contributed by atoms with Gasteiger partial charge in [-0.1, -0.05) is 42.5 Å². The molecule has 0 fully saturated rings. The molecule has 3 aromatic rings. The molecule has 0 bridgehead atoms. The largest absolute Gasteiger partial charge is 0.330 e. The summed E-state index contributed by atoms with van der Waals surface area (Å²) in [6.07, 6.45) is 2.85. The number of nitrogens with zero attached hydrogens (tertiary/aromatic N) is 1. The second-order valence-electron chi connectivity index (χ2n) is 6.94. The smallest absolute Gasteiger partial charge is 0.220 e. The second kappa shape index (κ2) is 10.3. The summed E-state index contributed by atoms with van der Waals surface area (Å²) in [7, 11) is 0. The minimum absolute atomic E-state index is 0.100. The molecule has 2 N–H and O–H groups in total. The Balaban J connectivity index is 0.000000269. The van der Waals surface area contributed by atoms with Gasteiger partial charge in [0.2, 0.25) is 5.91 Å². The minimum atomic E-state index is -0.491. The number of rotatable bonds is 4. The highest BCUT2D eigenvalue weighted by Crippen LogP contribution is 2.35. The van der Waals surface area contributed by atoms with Crippen LogP contribution in [0, 0.1) is 11.6 Å². The Kier molecular flexibility index (Phi) is 7.49. The molecule has 4 rings (SSSR count). The molecule has 30 heavy (non-hydrogen) atoms. The van der Waals surface area contributed by atoms with Crippen LogP contribution in [0.1, 0.15) is 29.0 Å². The molecule has 0 saturated carbocycles. The van der Waals surface area contributed by atoms with Crippen molar-refractivity contribution in [3.63, 3.8) is 0 Å². The molecule has 1 aromatic heterocycles. The predicted octanol–water partition coefficient (Wildman–Crippen LogP) is 5.20. The van der Waals surface area contributed by atoms with Gasteiger partial charge in [-0.3, -0.25) is 4.79 Å². The molecular formula is C24H24F2N2OS. The SMILES string of the molecule is CC(=O)N1CC(c2cc(F)ccc2F)=CC1c1ccccc1.NCCc1cccs1. The van der Waals surface area contributed by atoms with Crippen LogP contribution >= 0.6 is 11.3 Å². The Bertz CT molecular complexity index is 1000. The molecule has 1 unspecified atom stereocenters. The number of halogens is 2. The van der Waals surface area contributed by atoms with Crippen molar-refractivity contribution in [2.24, 2.45) is 5.73 Å². The number of benzene rings is 2. The number of hydrogen-bond donors (Lipinski definition) is 1. The first-order chi connectivity index (χ1) is 14.5. The van der Waals surface area contributed by atoms with E-state index in [1.165, 1.54) is 17.9 Å². The Morgan fingerprint density at radius 2 is 1.90 bits per heavy atom. The lowest BCUT2D eigenvalue weighted by Crippen LogP contribution is -2.29. The van der Waals surface area contributed by atoms with E-state index >= 15 is 0 Å². The van der Waals surface area contributed by atoms with Gasteiger partial charge < -0.3 is 10.6 Å². The molecule has 0 saturated heterocycles. The van der Waals surface area contributed by atoms with Gasteiger partial charge in [0.05, 0.1) is 6.04 Å². The van der Waals surface area contributed by atoms with Gasteiger partial charge in [-0.25, -0.2) is 8.78 Å². The van der Waals surface area contributed by atoms with E-state index in [-0.39, 0.29) is 24.1 Å². The number of thiophene rings is 1. The van der Waals surface area contributed by atoms with Crippen LogP contribution < -0.4 is 5.73 Å². The van der Waals surface area contributed by atoms with Gasteiger partial charge in [0.1, 0.15) is 11.6 Å². The lowest BCUT2D eigenvalue weighted by Gasteiger charge is -2.23. The molecule has 6 heteroatoms. The third-order valence-corrected chi connectivity index (χ3v) is 5.76. The standard InChI is InChI=1S/C18H15F2NO.C6H9NS/c1-12(22)21-11-14(16-10-15(19)7-8-17(16)20)9-18(21)13-5-3-2-4-6-13;7-4-3-6-2-1-5-8-6/h2-10,18H,11H2,1H3;1-2,5H,3-4,7H2. The summed E-state index contributed by atoms with van der Waals surface area (Å²) >= 11 is 1.77. The molecule has 0 aliphatic carbocycles. The third-order valence-electron chi connectivity index (χ3n) is 4.83. The fourth-order valence-corrected chi connectivity index (χ4v) is 4.09. The van der Waals surface area contributed by atoms with E-state index in [0.29, 0.717) is 5.57 Å². The summed E-state index contributed by atoms with van der Waals surface area (Å²) in [5.74, 6) is -1.07. The van der Waals surface area contributed by atoms with Gasteiger partial charge in [0.15, 0.2) is 0 Å². The van der Waals surface area contributed by atoms with Crippen LogP contribution in [0.2, 0.25) is 0 Å². The topological polar surface area (TPSA) is 46.3 Å². The molecule has 0 spiro atoms. The first-order valence-corrected chi connectivity index (χ1v) is 10.6. The average molecular weight is 427 g/mol. The van der Waals surface area contributed by atoms with Crippen LogP contribution in [-0.4, -0.2) is 23.9 Å². The van der Waals surface area contributed by atoms with Gasteiger partial charge in [-0.2, -0.15) is 0 Å². The molecule has 2 heterocycles. The molecule has 1 atom stereocenters. The first kappa shape index (κ1) is 21.9. The van der Waals surface area contributed by atoms with E-state index in [1.807, 2.05) is 36.4 Å². The van der Waals surface area contributed by atoms with Gasteiger partial charge in [0, 0.05) is 23.9 Å². The summed E-state index contributed by atoms with van der Waals surface area (Å²) in [5, 5.41) is 2.07. The van der Waals surface area contributed by atoms with Crippen molar-refractivity contribution in [1.82, 2.24) is 4.90 Å². The van der Waals surface area contributed by atoms with Crippen molar-refractivity contribution in [2.45, 2.75) is 19.4 Å². The van der Waals surface area contributed by atoms with Crippen LogP contribution in [0.15, 0.2) is 72.1 Å². The summed E-state index contributed by atoms with van der Waals surface area (Å²) in [4.78, 5) is 14.9. The molecule has 156 valence electrons. The summed E-state index contributed by atoms with van der Waals surface area (Å²) < 4.78 is 27.4. The fraction of sp³-hybridized carbons (Fsp3) is 0.208. The van der Waals surface area contributed by atoms with E-state index in [9.17, 15) is 13.6 Å². The zero-order valence-electron chi connectivity index (χ0n) is 16.7. The lowest BCUT2D eigenvalue weighted by molar-refractivity contribution is -0.129. The normalized spacial score (nSPS) is 15.4. The highest BCUT2D eigenvalue weighted by Gasteiger charge is 2.29. The van der Waals surface area contributed by atoms with Crippen LogP contribution in [0.3, 0.4) is 0 Å². The molecule has 1 aliphatic heterocycles. The summed E-state index contributed by atoms with van der Waals surface area (Å²) in [6.45, 7) is 2.52. The number of amides is 1. The number of carbonyl (C=O) groups is 1. The van der Waals surface area contributed by atoms with Gasteiger partial charge >= 0.3 is 0 Å². The van der Waals surface area contributed by atoms with Crippen LogP contribution in [-0.2, 0) is 11.2 Å². The molecule has 3 nitrogen and oxygen atoms in total. The van der Waals surface area contributed by atoms with E-state index in [1.54, 1.807) is 16.2 Å². The molecule has 2 aromatic carbocycles.